The van der Waals surface area contributed by atoms with Crippen molar-refractivity contribution in [3.05, 3.63) is 64.0 Å². The van der Waals surface area contributed by atoms with Crippen LogP contribution in [0.4, 0.5) is 21.5 Å². The highest BCUT2D eigenvalue weighted by atomic mass is 19.1. The Balaban J connectivity index is 1.35. The van der Waals surface area contributed by atoms with E-state index in [4.69, 9.17) is 0 Å². The van der Waals surface area contributed by atoms with Gasteiger partial charge in [0.15, 0.2) is 0 Å². The number of amides is 3. The first-order chi connectivity index (χ1) is 15.3. The van der Waals surface area contributed by atoms with E-state index >= 15 is 0 Å². The normalized spacial score (nSPS) is 18.3. The summed E-state index contributed by atoms with van der Waals surface area (Å²) in [5, 5.41) is 13.8. The van der Waals surface area contributed by atoms with Crippen molar-refractivity contribution in [3.63, 3.8) is 0 Å². The van der Waals surface area contributed by atoms with Gasteiger partial charge in [-0.2, -0.15) is 4.39 Å². The summed E-state index contributed by atoms with van der Waals surface area (Å²) in [4.78, 5) is 49.9. The summed E-state index contributed by atoms with van der Waals surface area (Å²) in [5.41, 5.74) is 1.14. The van der Waals surface area contributed by atoms with Crippen LogP contribution in [0.5, 0.6) is 0 Å². The summed E-state index contributed by atoms with van der Waals surface area (Å²) in [6.07, 6.45) is 1.37. The molecule has 10 heteroatoms. The Morgan fingerprint density at radius 3 is 2.47 bits per heavy atom. The molecular formula is C22H21FN4O5. The second kappa shape index (κ2) is 8.74. The van der Waals surface area contributed by atoms with E-state index in [0.29, 0.717) is 13.0 Å². The smallest absolute Gasteiger partial charge is 0.306 e. The maximum Gasteiger partial charge on any atom is 0.306 e. The molecule has 9 nitrogen and oxygen atoms in total. The van der Waals surface area contributed by atoms with Gasteiger partial charge in [0.05, 0.1) is 16.5 Å². The summed E-state index contributed by atoms with van der Waals surface area (Å²) in [6.45, 7) is 1.03. The second-order valence-electron chi connectivity index (χ2n) is 7.83. The van der Waals surface area contributed by atoms with Crippen molar-refractivity contribution in [2.45, 2.75) is 25.8 Å². The lowest BCUT2D eigenvalue weighted by Gasteiger charge is -2.17. The number of carbonyl (C=O) groups excluding carboxylic acids is 3. The van der Waals surface area contributed by atoms with E-state index in [1.807, 2.05) is 24.3 Å². The van der Waals surface area contributed by atoms with Gasteiger partial charge in [-0.3, -0.25) is 24.5 Å². The van der Waals surface area contributed by atoms with Gasteiger partial charge in [-0.05, 0) is 36.2 Å². The number of halogens is 1. The van der Waals surface area contributed by atoms with Gasteiger partial charge < -0.3 is 15.1 Å². The second-order valence-corrected chi connectivity index (χ2v) is 7.83. The van der Waals surface area contributed by atoms with Gasteiger partial charge in [0.25, 0.3) is 0 Å². The molecule has 32 heavy (non-hydrogen) atoms. The number of rotatable bonds is 6. The molecule has 2 fully saturated rings. The Morgan fingerprint density at radius 2 is 1.81 bits per heavy atom. The predicted molar refractivity (Wildman–Crippen MR) is 113 cm³/mol. The molecule has 0 bridgehead atoms. The molecule has 1 atom stereocenters. The van der Waals surface area contributed by atoms with Gasteiger partial charge in [0, 0.05) is 44.2 Å². The van der Waals surface area contributed by atoms with E-state index < -0.39 is 22.3 Å². The maximum absolute atomic E-state index is 13.6. The Hall–Kier alpha value is -3.82. The Kier molecular flexibility index (Phi) is 5.85. The molecule has 0 aromatic heterocycles. The van der Waals surface area contributed by atoms with Crippen LogP contribution in [0.25, 0.3) is 0 Å². The van der Waals surface area contributed by atoms with Crippen LogP contribution >= 0.6 is 0 Å². The van der Waals surface area contributed by atoms with Crippen molar-refractivity contribution in [1.29, 1.82) is 0 Å². The van der Waals surface area contributed by atoms with Crippen molar-refractivity contribution >= 4 is 34.8 Å². The molecule has 1 unspecified atom stereocenters. The molecule has 2 aliphatic rings. The molecule has 2 aromatic carbocycles. The van der Waals surface area contributed by atoms with Gasteiger partial charge >= 0.3 is 5.69 Å². The average Bonchev–Trinajstić information content (AvgIpc) is 3.38. The fourth-order valence-electron chi connectivity index (χ4n) is 3.99. The van der Waals surface area contributed by atoms with Crippen molar-refractivity contribution in [1.82, 2.24) is 5.32 Å². The van der Waals surface area contributed by atoms with Crippen LogP contribution in [0.15, 0.2) is 42.5 Å². The van der Waals surface area contributed by atoms with E-state index in [1.165, 1.54) is 11.0 Å². The lowest BCUT2D eigenvalue weighted by Crippen LogP contribution is -2.32. The highest BCUT2D eigenvalue weighted by molar-refractivity contribution is 6.00. The molecule has 166 valence electrons. The van der Waals surface area contributed by atoms with Crippen molar-refractivity contribution in [2.75, 3.05) is 22.9 Å². The minimum absolute atomic E-state index is 0.0347. The highest BCUT2D eigenvalue weighted by Crippen LogP contribution is 2.29. The number of nitrogens with zero attached hydrogens (tertiary/aromatic N) is 3. The molecule has 1 N–H and O–H groups in total. The van der Waals surface area contributed by atoms with Gasteiger partial charge in [-0.1, -0.05) is 12.1 Å². The molecule has 2 aliphatic heterocycles. The SMILES string of the molecule is O=C(NCc1ccc(N2CCCC2=O)cc1)C1CC(=O)N(c2ccc(F)c([N+](=O)[O-])c2)C1. The Labute approximate surface area is 182 Å². The van der Waals surface area contributed by atoms with Crippen LogP contribution in [0.1, 0.15) is 24.8 Å². The third-order valence-electron chi connectivity index (χ3n) is 5.72. The molecule has 4 rings (SSSR count). The summed E-state index contributed by atoms with van der Waals surface area (Å²) >= 11 is 0. The number of benzene rings is 2. The lowest BCUT2D eigenvalue weighted by molar-refractivity contribution is -0.387. The summed E-state index contributed by atoms with van der Waals surface area (Å²) in [5.74, 6) is -2.16. The third-order valence-corrected chi connectivity index (χ3v) is 5.72. The number of hydrogen-bond acceptors (Lipinski definition) is 5. The van der Waals surface area contributed by atoms with E-state index in [2.05, 4.69) is 5.32 Å². The number of nitrogens with one attached hydrogen (secondary N) is 1. The maximum atomic E-state index is 13.6. The van der Waals surface area contributed by atoms with Gasteiger partial charge in [-0.15, -0.1) is 0 Å². The monoisotopic (exact) mass is 440 g/mol. The fourth-order valence-corrected chi connectivity index (χ4v) is 3.99. The summed E-state index contributed by atoms with van der Waals surface area (Å²) in [7, 11) is 0. The van der Waals surface area contributed by atoms with E-state index in [-0.39, 0.29) is 42.9 Å². The molecule has 3 amide bonds. The number of nitro benzene ring substituents is 1. The number of carbonyl (C=O) groups is 3. The molecule has 2 heterocycles. The van der Waals surface area contributed by atoms with Crippen LogP contribution in [-0.2, 0) is 20.9 Å². The largest absolute Gasteiger partial charge is 0.352 e. The first-order valence-corrected chi connectivity index (χ1v) is 10.2. The van der Waals surface area contributed by atoms with E-state index in [1.54, 1.807) is 4.90 Å². The Morgan fingerprint density at radius 1 is 1.09 bits per heavy atom. The molecule has 0 radical (unpaired) electrons. The molecule has 0 saturated carbocycles. The summed E-state index contributed by atoms with van der Waals surface area (Å²) in [6, 6.07) is 10.6. The molecule has 2 saturated heterocycles. The van der Waals surface area contributed by atoms with Crippen LogP contribution in [0.3, 0.4) is 0 Å². The van der Waals surface area contributed by atoms with Crippen LogP contribution in [-0.4, -0.2) is 35.7 Å². The molecular weight excluding hydrogens is 419 g/mol. The molecule has 0 aliphatic carbocycles. The number of anilines is 2. The standard InChI is InChI=1S/C22H21FN4O5/c23-18-8-7-17(11-19(18)27(31)32)26-13-15(10-21(26)29)22(30)24-12-14-3-5-16(6-4-14)25-9-1-2-20(25)28/h3-8,11,15H,1-2,9-10,12-13H2,(H,24,30). The van der Waals surface area contributed by atoms with Crippen molar-refractivity contribution in [3.8, 4) is 0 Å². The quantitative estimate of drug-likeness (QED) is 0.548. The van der Waals surface area contributed by atoms with E-state index in [9.17, 15) is 28.9 Å². The fraction of sp³-hybridized carbons (Fsp3) is 0.318. The zero-order chi connectivity index (χ0) is 22.8. The first-order valence-electron chi connectivity index (χ1n) is 10.2. The topological polar surface area (TPSA) is 113 Å². The van der Waals surface area contributed by atoms with Gasteiger partial charge in [0.2, 0.25) is 23.5 Å². The molecule has 2 aromatic rings. The lowest BCUT2D eigenvalue weighted by atomic mass is 10.1. The van der Waals surface area contributed by atoms with Gasteiger partial charge in [-0.25, -0.2) is 0 Å². The van der Waals surface area contributed by atoms with Crippen LogP contribution in [0, 0.1) is 21.8 Å². The van der Waals surface area contributed by atoms with Crippen LogP contribution in [0.2, 0.25) is 0 Å². The minimum Gasteiger partial charge on any atom is -0.352 e. The first kappa shape index (κ1) is 21.4. The van der Waals surface area contributed by atoms with Gasteiger partial charge in [0.1, 0.15) is 0 Å². The van der Waals surface area contributed by atoms with Crippen LogP contribution < -0.4 is 15.1 Å². The predicted octanol–water partition coefficient (Wildman–Crippen LogP) is 2.53. The minimum atomic E-state index is -0.986. The zero-order valence-corrected chi connectivity index (χ0v) is 17.1. The third kappa shape index (κ3) is 4.29. The Bertz CT molecular complexity index is 1090. The highest BCUT2D eigenvalue weighted by Gasteiger charge is 2.35. The average molecular weight is 440 g/mol. The van der Waals surface area contributed by atoms with Crippen molar-refractivity contribution < 1.29 is 23.7 Å². The number of hydrogen-bond donors (Lipinski definition) is 1. The number of nitro groups is 1. The molecule has 0 spiro atoms. The van der Waals surface area contributed by atoms with E-state index in [0.717, 1.165) is 29.8 Å². The zero-order valence-electron chi connectivity index (χ0n) is 17.1. The van der Waals surface area contributed by atoms with Crippen molar-refractivity contribution in [2.24, 2.45) is 5.92 Å². The summed E-state index contributed by atoms with van der Waals surface area (Å²) < 4.78 is 13.6.